The van der Waals surface area contributed by atoms with E-state index in [0.717, 1.165) is 0 Å². The van der Waals surface area contributed by atoms with Gasteiger partial charge in [-0.05, 0) is 17.4 Å². The molecule has 4 nitrogen and oxygen atoms in total. The zero-order valence-electron chi connectivity index (χ0n) is 10.9. The van der Waals surface area contributed by atoms with E-state index in [0.29, 0.717) is 0 Å². The molecule has 0 saturated heterocycles. The number of hydrogen-bond acceptors (Lipinski definition) is 4. The van der Waals surface area contributed by atoms with Crippen LogP contribution in [0.5, 0.6) is 0 Å². The van der Waals surface area contributed by atoms with E-state index in [1.807, 2.05) is 0 Å². The summed E-state index contributed by atoms with van der Waals surface area (Å²) in [5, 5.41) is 0. The van der Waals surface area contributed by atoms with Gasteiger partial charge in [0, 0.05) is 33.8 Å². The largest absolute Gasteiger partial charge is 0.500 e. The van der Waals surface area contributed by atoms with Crippen LogP contribution in [-0.2, 0) is 18.2 Å². The zero-order chi connectivity index (χ0) is 15.2. The molecule has 0 radical (unpaired) electrons. The summed E-state index contributed by atoms with van der Waals surface area (Å²) in [5.41, 5.74) is 0. The quantitative estimate of drug-likeness (QED) is 0.372. The number of alkyl halides is 4. The molecule has 1 unspecified atom stereocenters. The van der Waals surface area contributed by atoms with E-state index in [9.17, 15) is 22.1 Å². The molecule has 10 heteroatoms. The lowest BCUT2D eigenvalue weighted by atomic mass is 10.1. The fraction of sp³-hybridized carbons (Fsp3) is 1.00. The van der Waals surface area contributed by atoms with Gasteiger partial charge in [0.05, 0.1) is 0 Å². The fourth-order valence-electron chi connectivity index (χ4n) is 1.47. The van der Waals surface area contributed by atoms with Gasteiger partial charge in [-0.1, -0.05) is 0 Å². The normalized spacial score (nSPS) is 16.4. The average molecular weight is 312 g/mol. The molecule has 0 N–H and O–H groups in total. The topological polar surface area (TPSA) is 36.9 Å². The van der Waals surface area contributed by atoms with Gasteiger partial charge in [0.25, 0.3) is 0 Å². The molecule has 0 spiro atoms. The maximum Gasteiger partial charge on any atom is 0.500 e. The van der Waals surface area contributed by atoms with Crippen LogP contribution in [0.4, 0.5) is 22.1 Å². The summed E-state index contributed by atoms with van der Waals surface area (Å²) in [5.74, 6) is -4.27. The maximum atomic E-state index is 13.1. The monoisotopic (exact) mass is 312 g/mol. The molecular weight excluding hydrogens is 295 g/mol. The molecule has 0 amide bonds. The molecule has 0 aliphatic rings. The van der Waals surface area contributed by atoms with Gasteiger partial charge in [-0.3, -0.25) is 0 Å². The third kappa shape index (κ3) is 4.95. The van der Waals surface area contributed by atoms with E-state index < -0.39 is 27.3 Å². The Labute approximate surface area is 109 Å². The molecule has 0 aromatic heterocycles. The molecule has 1 atom stereocenters. The number of rotatable bonds is 9. The Hall–Kier alpha value is -0.293. The lowest BCUT2D eigenvalue weighted by Gasteiger charge is -2.25. The van der Waals surface area contributed by atoms with Crippen LogP contribution in [0.1, 0.15) is 19.3 Å². The Bertz CT molecular complexity index is 253. The maximum absolute atomic E-state index is 13.1. The molecule has 19 heavy (non-hydrogen) atoms. The number of unbranched alkanes of at least 4 members (excludes halogenated alkanes) is 1. The van der Waals surface area contributed by atoms with Crippen molar-refractivity contribution in [2.45, 2.75) is 37.3 Å². The minimum Gasteiger partial charge on any atom is -0.377 e. The summed E-state index contributed by atoms with van der Waals surface area (Å²) in [7, 11) is 1.13. The highest BCUT2D eigenvalue weighted by Gasteiger charge is 2.58. The van der Waals surface area contributed by atoms with Gasteiger partial charge in [-0.2, -0.15) is 17.6 Å². The smallest absolute Gasteiger partial charge is 0.377 e. The lowest BCUT2D eigenvalue weighted by Crippen LogP contribution is -2.43. The van der Waals surface area contributed by atoms with Crippen molar-refractivity contribution in [1.29, 1.82) is 0 Å². The highest BCUT2D eigenvalue weighted by Crippen LogP contribution is 2.39. The SMILES string of the molecule is CO[Si](CCCCC(F)(OF)C(F)(F)F)(OC)OC. The van der Waals surface area contributed by atoms with Crippen molar-refractivity contribution >= 4 is 8.80 Å². The van der Waals surface area contributed by atoms with Crippen LogP contribution in [0.3, 0.4) is 0 Å². The zero-order valence-corrected chi connectivity index (χ0v) is 11.9. The predicted molar refractivity (Wildman–Crippen MR) is 57.5 cm³/mol. The molecule has 0 aromatic carbocycles. The molecule has 0 aliphatic heterocycles. The second-order valence-electron chi connectivity index (χ2n) is 3.81. The van der Waals surface area contributed by atoms with Crippen molar-refractivity contribution in [2.75, 3.05) is 21.3 Å². The first-order chi connectivity index (χ1) is 8.70. The van der Waals surface area contributed by atoms with Gasteiger partial charge in [0.15, 0.2) is 0 Å². The van der Waals surface area contributed by atoms with Gasteiger partial charge in [-0.15, -0.1) is 4.94 Å². The van der Waals surface area contributed by atoms with Crippen LogP contribution >= 0.6 is 0 Å². The molecule has 0 aromatic rings. The molecule has 0 aliphatic carbocycles. The first kappa shape index (κ1) is 18.7. The fourth-order valence-corrected chi connectivity index (χ4v) is 3.27. The Morgan fingerprint density at radius 2 is 1.37 bits per heavy atom. The second kappa shape index (κ2) is 7.48. The second-order valence-corrected chi connectivity index (χ2v) is 6.90. The first-order valence-corrected chi connectivity index (χ1v) is 7.34. The summed E-state index contributed by atoms with van der Waals surface area (Å²) in [6.07, 6.45) is -6.70. The van der Waals surface area contributed by atoms with Crippen molar-refractivity contribution in [3.63, 3.8) is 0 Å². The van der Waals surface area contributed by atoms with E-state index in [-0.39, 0.29) is 18.9 Å². The molecule has 0 fully saturated rings. The predicted octanol–water partition coefficient (Wildman–Crippen LogP) is 3.16. The minimum atomic E-state index is -5.42. The third-order valence-electron chi connectivity index (χ3n) is 2.71. The van der Waals surface area contributed by atoms with Gasteiger partial charge in [-0.25, -0.2) is 0 Å². The van der Waals surface area contributed by atoms with Crippen LogP contribution in [0.2, 0.25) is 6.04 Å². The summed E-state index contributed by atoms with van der Waals surface area (Å²) in [6, 6.07) is 0.191. The minimum absolute atomic E-state index is 0.118. The van der Waals surface area contributed by atoms with Gasteiger partial charge in [0.2, 0.25) is 0 Å². The first-order valence-electron chi connectivity index (χ1n) is 5.41. The third-order valence-corrected chi connectivity index (χ3v) is 5.54. The molecule has 0 heterocycles. The molecule has 0 bridgehead atoms. The van der Waals surface area contributed by atoms with Crippen LogP contribution in [-0.4, -0.2) is 42.2 Å². The Kier molecular flexibility index (Phi) is 7.36. The van der Waals surface area contributed by atoms with E-state index in [2.05, 4.69) is 4.94 Å². The molecule has 116 valence electrons. The summed E-state index contributed by atoms with van der Waals surface area (Å²) in [6.45, 7) is 0. The molecule has 0 rings (SSSR count). The standard InChI is InChI=1S/C9H17F5O4Si/c1-15-19(16-2,17-3)7-5-4-6-8(10,18-14)9(11,12)13/h4-7H2,1-3H3. The van der Waals surface area contributed by atoms with Gasteiger partial charge >= 0.3 is 20.8 Å². The van der Waals surface area contributed by atoms with E-state index in [1.165, 1.54) is 21.3 Å². The molecule has 0 saturated carbocycles. The summed E-state index contributed by atoms with van der Waals surface area (Å²) < 4.78 is 76.4. The van der Waals surface area contributed by atoms with Gasteiger partial charge < -0.3 is 13.3 Å². The van der Waals surface area contributed by atoms with Crippen LogP contribution in [0, 0.1) is 0 Å². The van der Waals surface area contributed by atoms with Crippen molar-refractivity contribution in [3.8, 4) is 0 Å². The number of hydrogen-bond donors (Lipinski definition) is 0. The lowest BCUT2D eigenvalue weighted by molar-refractivity contribution is -0.403. The van der Waals surface area contributed by atoms with E-state index in [4.69, 9.17) is 13.3 Å². The van der Waals surface area contributed by atoms with E-state index >= 15 is 0 Å². The van der Waals surface area contributed by atoms with Crippen LogP contribution in [0.25, 0.3) is 0 Å². The highest BCUT2D eigenvalue weighted by atomic mass is 28.4. The molecular formula is C9H17F5O4Si. The Morgan fingerprint density at radius 3 is 1.68 bits per heavy atom. The summed E-state index contributed by atoms with van der Waals surface area (Å²) >= 11 is 0. The van der Waals surface area contributed by atoms with E-state index in [1.54, 1.807) is 0 Å². The Morgan fingerprint density at radius 1 is 0.895 bits per heavy atom. The van der Waals surface area contributed by atoms with Crippen molar-refractivity contribution in [2.24, 2.45) is 0 Å². The average Bonchev–Trinajstić information content (AvgIpc) is 2.38. The van der Waals surface area contributed by atoms with Crippen molar-refractivity contribution in [3.05, 3.63) is 0 Å². The summed E-state index contributed by atoms with van der Waals surface area (Å²) in [4.78, 5) is 2.44. The van der Waals surface area contributed by atoms with Gasteiger partial charge in [0.1, 0.15) is 0 Å². The Balaban J connectivity index is 4.30. The van der Waals surface area contributed by atoms with Crippen molar-refractivity contribution in [1.82, 2.24) is 0 Å². The van der Waals surface area contributed by atoms with Crippen molar-refractivity contribution < 1.29 is 40.3 Å². The van der Waals surface area contributed by atoms with Crippen LogP contribution < -0.4 is 0 Å². The van der Waals surface area contributed by atoms with Crippen LogP contribution in [0.15, 0.2) is 0 Å². The number of halogens is 5. The highest BCUT2D eigenvalue weighted by molar-refractivity contribution is 6.60.